The maximum Gasteiger partial charge on any atom is 0.0621 e. The first-order valence-corrected chi connectivity index (χ1v) is 5.47. The number of hydrogen-bond acceptors (Lipinski definition) is 2. The number of rotatable bonds is 5. The Hall–Kier alpha value is -0.600. The molecule has 0 aromatic carbocycles. The van der Waals surface area contributed by atoms with E-state index in [1.165, 1.54) is 5.56 Å². The summed E-state index contributed by atoms with van der Waals surface area (Å²) in [6.07, 6.45) is 5.59. The Morgan fingerprint density at radius 1 is 1.50 bits per heavy atom. The molecule has 0 saturated heterocycles. The summed E-state index contributed by atoms with van der Waals surface area (Å²) in [5.74, 6) is 0. The molecule has 0 radical (unpaired) electrons. The molecule has 1 N–H and O–H groups in total. The lowest BCUT2D eigenvalue weighted by Crippen LogP contribution is -2.30. The maximum atomic E-state index is 6.04. The van der Waals surface area contributed by atoms with Gasteiger partial charge in [0.1, 0.15) is 0 Å². The lowest BCUT2D eigenvalue weighted by Gasteiger charge is -2.16. The summed E-state index contributed by atoms with van der Waals surface area (Å²) in [4.78, 5) is 3.97. The smallest absolute Gasteiger partial charge is 0.0621 e. The van der Waals surface area contributed by atoms with Crippen molar-refractivity contribution in [2.75, 3.05) is 6.54 Å². The van der Waals surface area contributed by atoms with Gasteiger partial charge < -0.3 is 5.32 Å². The zero-order valence-corrected chi connectivity index (χ0v) is 9.51. The Kier molecular flexibility index (Phi) is 4.91. The van der Waals surface area contributed by atoms with E-state index in [9.17, 15) is 0 Å². The lowest BCUT2D eigenvalue weighted by molar-refractivity contribution is 0.510. The van der Waals surface area contributed by atoms with E-state index in [1.54, 1.807) is 12.4 Å². The van der Waals surface area contributed by atoms with E-state index in [-0.39, 0.29) is 0 Å². The monoisotopic (exact) mass is 212 g/mol. The second-order valence-corrected chi connectivity index (χ2v) is 3.74. The van der Waals surface area contributed by atoms with Crippen molar-refractivity contribution in [2.45, 2.75) is 32.7 Å². The van der Waals surface area contributed by atoms with Crippen LogP contribution in [-0.4, -0.2) is 17.6 Å². The molecule has 1 heterocycles. The molecule has 3 heteroatoms. The number of nitrogens with zero attached hydrogens (tertiary/aromatic N) is 1. The van der Waals surface area contributed by atoms with Gasteiger partial charge >= 0.3 is 0 Å². The van der Waals surface area contributed by atoms with Crippen LogP contribution in [0.15, 0.2) is 18.5 Å². The van der Waals surface area contributed by atoms with Gasteiger partial charge in [-0.15, -0.1) is 0 Å². The second kappa shape index (κ2) is 5.99. The topological polar surface area (TPSA) is 24.9 Å². The van der Waals surface area contributed by atoms with Gasteiger partial charge in [0, 0.05) is 18.4 Å². The van der Waals surface area contributed by atoms with Gasteiger partial charge in [-0.05, 0) is 31.0 Å². The van der Waals surface area contributed by atoms with E-state index >= 15 is 0 Å². The summed E-state index contributed by atoms with van der Waals surface area (Å²) in [7, 11) is 0. The van der Waals surface area contributed by atoms with Crippen LogP contribution in [0.25, 0.3) is 0 Å². The Balaban J connectivity index is 2.62. The van der Waals surface area contributed by atoms with Crippen LogP contribution in [-0.2, 0) is 6.42 Å². The summed E-state index contributed by atoms with van der Waals surface area (Å²) >= 11 is 6.04. The quantitative estimate of drug-likeness (QED) is 0.812. The zero-order chi connectivity index (χ0) is 10.4. The second-order valence-electron chi connectivity index (χ2n) is 3.33. The molecular weight excluding hydrogens is 196 g/mol. The first-order valence-electron chi connectivity index (χ1n) is 5.09. The highest BCUT2D eigenvalue weighted by Gasteiger charge is 2.07. The fourth-order valence-electron chi connectivity index (χ4n) is 1.48. The number of hydrogen-bond donors (Lipinski definition) is 1. The van der Waals surface area contributed by atoms with E-state index in [1.807, 2.05) is 6.07 Å². The van der Waals surface area contributed by atoms with Crippen LogP contribution in [0.1, 0.15) is 25.8 Å². The molecule has 1 unspecified atom stereocenters. The molecule has 78 valence electrons. The van der Waals surface area contributed by atoms with Crippen molar-refractivity contribution in [2.24, 2.45) is 0 Å². The Labute approximate surface area is 90.7 Å². The van der Waals surface area contributed by atoms with Gasteiger partial charge in [-0.3, -0.25) is 4.98 Å². The largest absolute Gasteiger partial charge is 0.314 e. The van der Waals surface area contributed by atoms with Gasteiger partial charge in [0.15, 0.2) is 0 Å². The van der Waals surface area contributed by atoms with Gasteiger partial charge in [-0.25, -0.2) is 0 Å². The predicted octanol–water partition coefficient (Wildman–Crippen LogP) is 2.67. The average Bonchev–Trinajstić information content (AvgIpc) is 2.20. The maximum absolute atomic E-state index is 6.04. The van der Waals surface area contributed by atoms with Crippen LogP contribution in [0.3, 0.4) is 0 Å². The first kappa shape index (κ1) is 11.5. The SMILES string of the molecule is CCNC(CC)Cc1ccncc1Cl. The number of likely N-dealkylation sites (N-methyl/N-ethyl adjacent to an activating group) is 1. The average molecular weight is 213 g/mol. The summed E-state index contributed by atoms with van der Waals surface area (Å²) in [6, 6.07) is 2.50. The molecule has 1 aromatic heterocycles. The first-order chi connectivity index (χ1) is 6.77. The minimum Gasteiger partial charge on any atom is -0.314 e. The van der Waals surface area contributed by atoms with E-state index in [0.29, 0.717) is 6.04 Å². The third-order valence-corrected chi connectivity index (χ3v) is 2.65. The standard InChI is InChI=1S/C11H17ClN2/c1-3-10(14-4-2)7-9-5-6-13-8-11(9)12/h5-6,8,10,14H,3-4,7H2,1-2H3. The van der Waals surface area contributed by atoms with Crippen molar-refractivity contribution < 1.29 is 0 Å². The summed E-state index contributed by atoms with van der Waals surface area (Å²) in [5.41, 5.74) is 1.18. The van der Waals surface area contributed by atoms with Gasteiger partial charge in [0.2, 0.25) is 0 Å². The zero-order valence-electron chi connectivity index (χ0n) is 8.76. The normalized spacial score (nSPS) is 12.8. The third kappa shape index (κ3) is 3.28. The molecule has 1 aromatic rings. The van der Waals surface area contributed by atoms with Gasteiger partial charge in [0.25, 0.3) is 0 Å². The van der Waals surface area contributed by atoms with Crippen molar-refractivity contribution in [3.63, 3.8) is 0 Å². The molecule has 0 fully saturated rings. The molecular formula is C11H17ClN2. The molecule has 0 spiro atoms. The molecule has 2 nitrogen and oxygen atoms in total. The fraction of sp³-hybridized carbons (Fsp3) is 0.545. The van der Waals surface area contributed by atoms with Crippen LogP contribution in [0.5, 0.6) is 0 Å². The van der Waals surface area contributed by atoms with Crippen LogP contribution in [0, 0.1) is 0 Å². The minimum absolute atomic E-state index is 0.514. The van der Waals surface area contributed by atoms with Crippen LogP contribution in [0.4, 0.5) is 0 Å². The molecule has 0 aliphatic carbocycles. The van der Waals surface area contributed by atoms with Crippen molar-refractivity contribution in [3.05, 3.63) is 29.0 Å². The highest BCUT2D eigenvalue weighted by atomic mass is 35.5. The van der Waals surface area contributed by atoms with Crippen molar-refractivity contribution >= 4 is 11.6 Å². The van der Waals surface area contributed by atoms with Crippen LogP contribution >= 0.6 is 11.6 Å². The van der Waals surface area contributed by atoms with Crippen molar-refractivity contribution in [1.82, 2.24) is 10.3 Å². The summed E-state index contributed by atoms with van der Waals surface area (Å²) in [6.45, 7) is 5.31. The minimum atomic E-state index is 0.514. The molecule has 1 rings (SSSR count). The summed E-state index contributed by atoms with van der Waals surface area (Å²) < 4.78 is 0. The number of halogens is 1. The Morgan fingerprint density at radius 2 is 2.29 bits per heavy atom. The predicted molar refractivity (Wildman–Crippen MR) is 60.7 cm³/mol. The molecule has 14 heavy (non-hydrogen) atoms. The highest BCUT2D eigenvalue weighted by molar-refractivity contribution is 6.31. The van der Waals surface area contributed by atoms with E-state index in [2.05, 4.69) is 24.1 Å². The van der Waals surface area contributed by atoms with Gasteiger partial charge in [-0.2, -0.15) is 0 Å². The molecule has 0 aliphatic rings. The van der Waals surface area contributed by atoms with E-state index < -0.39 is 0 Å². The Morgan fingerprint density at radius 3 is 2.86 bits per heavy atom. The number of nitrogens with one attached hydrogen (secondary N) is 1. The highest BCUT2D eigenvalue weighted by Crippen LogP contribution is 2.15. The van der Waals surface area contributed by atoms with Gasteiger partial charge in [-0.1, -0.05) is 25.4 Å². The fourth-order valence-corrected chi connectivity index (χ4v) is 1.68. The third-order valence-electron chi connectivity index (χ3n) is 2.31. The van der Waals surface area contributed by atoms with Crippen LogP contribution < -0.4 is 5.32 Å². The molecule has 0 aliphatic heterocycles. The van der Waals surface area contributed by atoms with Crippen molar-refractivity contribution in [3.8, 4) is 0 Å². The molecule has 0 bridgehead atoms. The number of pyridine rings is 1. The molecule has 0 amide bonds. The van der Waals surface area contributed by atoms with Gasteiger partial charge in [0.05, 0.1) is 5.02 Å². The molecule has 1 atom stereocenters. The Bertz CT molecular complexity index is 276. The lowest BCUT2D eigenvalue weighted by atomic mass is 10.1. The van der Waals surface area contributed by atoms with Crippen molar-refractivity contribution in [1.29, 1.82) is 0 Å². The van der Waals surface area contributed by atoms with Crippen LogP contribution in [0.2, 0.25) is 5.02 Å². The number of aromatic nitrogens is 1. The summed E-state index contributed by atoms with van der Waals surface area (Å²) in [5, 5.41) is 4.20. The van der Waals surface area contributed by atoms with E-state index in [0.717, 1.165) is 24.4 Å². The molecule has 0 saturated carbocycles. The van der Waals surface area contributed by atoms with E-state index in [4.69, 9.17) is 11.6 Å².